The average Bonchev–Trinajstić information content (AvgIpc) is 2.89. The van der Waals surface area contributed by atoms with Crippen LogP contribution < -0.4 is 13.2 Å². The Morgan fingerprint density at radius 3 is 1.52 bits per heavy atom. The molecule has 4 aromatic rings. The Balaban J connectivity index is 1.57. The van der Waals surface area contributed by atoms with Crippen LogP contribution in [0.2, 0.25) is 5.25 Å². The van der Waals surface area contributed by atoms with Crippen LogP contribution in [0.3, 0.4) is 0 Å². The molecule has 166 valence electrons. The molecule has 0 unspecified atom stereocenters. The number of rotatable bonds is 10. The van der Waals surface area contributed by atoms with Crippen molar-refractivity contribution in [3.8, 4) is 0 Å². The Bertz CT molecular complexity index is 1010. The van der Waals surface area contributed by atoms with Gasteiger partial charge in [-0.05, 0) is 0 Å². The monoisotopic (exact) mass is 494 g/mol. The minimum absolute atomic E-state index is 0.371. The van der Waals surface area contributed by atoms with Gasteiger partial charge in [0.2, 0.25) is 0 Å². The fraction of sp³-hybridized carbons (Fsp3) is 0.161. The molecule has 33 heavy (non-hydrogen) atoms. The molecule has 0 aromatic heterocycles. The van der Waals surface area contributed by atoms with Crippen LogP contribution in [0.25, 0.3) is 0 Å². The molecule has 0 amide bonds. The van der Waals surface area contributed by atoms with Gasteiger partial charge in [0.15, 0.2) is 0 Å². The van der Waals surface area contributed by atoms with E-state index in [1.165, 1.54) is 18.8 Å². The molecule has 1 nitrogen and oxygen atoms in total. The first-order valence-electron chi connectivity index (χ1n) is 11.7. The first kappa shape index (κ1) is 23.3. The SMILES string of the molecule is C[C@@H](/C=C/[CH2][Ge]([c]1ccccc1)([c]1ccccc1)[c]1ccccc1)COCc1ccccc1. The van der Waals surface area contributed by atoms with Crippen molar-refractivity contribution in [2.24, 2.45) is 5.92 Å². The molecule has 0 bridgehead atoms. The summed E-state index contributed by atoms with van der Waals surface area (Å²) in [5.41, 5.74) is 1.22. The number of ether oxygens (including phenoxy) is 1. The second-order valence-electron chi connectivity index (χ2n) is 8.61. The van der Waals surface area contributed by atoms with Gasteiger partial charge in [-0.1, -0.05) is 0 Å². The number of benzene rings is 4. The van der Waals surface area contributed by atoms with E-state index in [1.807, 2.05) is 6.07 Å². The summed E-state index contributed by atoms with van der Waals surface area (Å²) in [7, 11) is 0. The molecule has 2 heteroatoms. The zero-order valence-corrected chi connectivity index (χ0v) is 21.4. The molecule has 0 heterocycles. The zero-order valence-electron chi connectivity index (χ0n) is 19.3. The summed E-state index contributed by atoms with van der Waals surface area (Å²) in [6, 6.07) is 43.9. The van der Waals surface area contributed by atoms with E-state index in [0.29, 0.717) is 12.5 Å². The zero-order chi connectivity index (χ0) is 22.8. The minimum atomic E-state index is -2.89. The van der Waals surface area contributed by atoms with Gasteiger partial charge in [0, 0.05) is 0 Å². The second kappa shape index (κ2) is 11.8. The summed E-state index contributed by atoms with van der Waals surface area (Å²) in [5.74, 6) is 0.371. The van der Waals surface area contributed by atoms with E-state index in [9.17, 15) is 0 Å². The third-order valence-electron chi connectivity index (χ3n) is 6.18. The van der Waals surface area contributed by atoms with Gasteiger partial charge in [-0.25, -0.2) is 0 Å². The van der Waals surface area contributed by atoms with E-state index in [1.54, 1.807) is 0 Å². The van der Waals surface area contributed by atoms with Crippen molar-refractivity contribution >= 4 is 26.5 Å². The van der Waals surface area contributed by atoms with Gasteiger partial charge in [-0.2, -0.15) is 0 Å². The predicted molar refractivity (Wildman–Crippen MR) is 143 cm³/mol. The molecule has 1 atom stereocenters. The van der Waals surface area contributed by atoms with Crippen LogP contribution in [0.4, 0.5) is 0 Å². The Morgan fingerprint density at radius 1 is 0.636 bits per heavy atom. The van der Waals surface area contributed by atoms with Crippen LogP contribution in [0.1, 0.15) is 12.5 Å². The Kier molecular flexibility index (Phi) is 8.35. The number of hydrogen-bond acceptors (Lipinski definition) is 1. The average molecular weight is 493 g/mol. The molecule has 0 saturated heterocycles. The summed E-state index contributed by atoms with van der Waals surface area (Å²) < 4.78 is 10.5. The summed E-state index contributed by atoms with van der Waals surface area (Å²) in [6.07, 6.45) is 4.77. The van der Waals surface area contributed by atoms with Crippen LogP contribution in [-0.2, 0) is 11.3 Å². The number of hydrogen-bond donors (Lipinski definition) is 0. The number of allylic oxidation sites excluding steroid dienone is 1. The van der Waals surface area contributed by atoms with E-state index >= 15 is 0 Å². The van der Waals surface area contributed by atoms with E-state index in [2.05, 4.69) is 134 Å². The van der Waals surface area contributed by atoms with Crippen molar-refractivity contribution in [1.82, 2.24) is 0 Å². The molecule has 0 aliphatic heterocycles. The fourth-order valence-electron chi connectivity index (χ4n) is 4.49. The van der Waals surface area contributed by atoms with Gasteiger partial charge in [0.1, 0.15) is 0 Å². The first-order valence-corrected chi connectivity index (χ1v) is 16.4. The molecular weight excluding hydrogens is 461 g/mol. The van der Waals surface area contributed by atoms with Crippen LogP contribution in [0, 0.1) is 5.92 Å². The Labute approximate surface area is 201 Å². The van der Waals surface area contributed by atoms with E-state index in [0.717, 1.165) is 11.9 Å². The fourth-order valence-corrected chi connectivity index (χ4v) is 13.9. The van der Waals surface area contributed by atoms with Crippen LogP contribution >= 0.6 is 0 Å². The third kappa shape index (κ3) is 5.93. The summed E-state index contributed by atoms with van der Waals surface area (Å²) in [5, 5.41) is 1.07. The molecule has 0 spiro atoms. The third-order valence-corrected chi connectivity index (χ3v) is 16.3. The van der Waals surface area contributed by atoms with Crippen LogP contribution in [-0.4, -0.2) is 19.9 Å². The molecule has 0 N–H and O–H groups in total. The van der Waals surface area contributed by atoms with Gasteiger partial charge < -0.3 is 0 Å². The molecule has 0 radical (unpaired) electrons. The van der Waals surface area contributed by atoms with Gasteiger partial charge in [0.05, 0.1) is 0 Å². The van der Waals surface area contributed by atoms with Gasteiger partial charge in [0.25, 0.3) is 0 Å². The summed E-state index contributed by atoms with van der Waals surface area (Å²) in [6.45, 7) is 3.63. The Morgan fingerprint density at radius 2 is 1.06 bits per heavy atom. The topological polar surface area (TPSA) is 9.23 Å². The van der Waals surface area contributed by atoms with E-state index < -0.39 is 13.3 Å². The molecule has 4 rings (SSSR count). The van der Waals surface area contributed by atoms with Crippen molar-refractivity contribution in [3.63, 3.8) is 0 Å². The molecule has 0 aliphatic carbocycles. The van der Waals surface area contributed by atoms with Crippen molar-refractivity contribution in [1.29, 1.82) is 0 Å². The van der Waals surface area contributed by atoms with Crippen LogP contribution in [0.5, 0.6) is 0 Å². The molecular formula is C31H32GeO. The maximum absolute atomic E-state index is 5.98. The van der Waals surface area contributed by atoms with Crippen molar-refractivity contribution in [2.45, 2.75) is 18.8 Å². The first-order chi connectivity index (χ1) is 16.3. The van der Waals surface area contributed by atoms with E-state index in [-0.39, 0.29) is 0 Å². The normalized spacial score (nSPS) is 12.6. The van der Waals surface area contributed by atoms with Crippen LogP contribution in [0.15, 0.2) is 133 Å². The predicted octanol–water partition coefficient (Wildman–Crippen LogP) is 5.57. The van der Waals surface area contributed by atoms with Gasteiger partial charge in [-0.15, -0.1) is 0 Å². The molecule has 0 fully saturated rings. The molecule has 0 aliphatic rings. The van der Waals surface area contributed by atoms with Crippen molar-refractivity contribution in [2.75, 3.05) is 6.61 Å². The Hall–Kier alpha value is -2.88. The summed E-state index contributed by atoms with van der Waals surface area (Å²) in [4.78, 5) is 0. The standard InChI is InChI=1S/C31H32GeO/c1-27(25-33-26-28-16-6-2-7-17-28)15-14-24-32(29-18-8-3-9-19-29,30-20-10-4-11-21-30)31-22-12-5-13-23-31/h2-23,27H,24-26H2,1H3/b15-14+/t27-/m0/s1. The molecule has 4 aromatic carbocycles. The maximum atomic E-state index is 5.98. The van der Waals surface area contributed by atoms with E-state index in [4.69, 9.17) is 4.74 Å². The summed E-state index contributed by atoms with van der Waals surface area (Å²) >= 11 is -2.89. The van der Waals surface area contributed by atoms with Gasteiger partial charge >= 0.3 is 202 Å². The van der Waals surface area contributed by atoms with Crippen molar-refractivity contribution < 1.29 is 4.74 Å². The molecule has 0 saturated carbocycles. The van der Waals surface area contributed by atoms with Gasteiger partial charge in [-0.3, -0.25) is 0 Å². The van der Waals surface area contributed by atoms with Crippen molar-refractivity contribution in [3.05, 3.63) is 139 Å². The quantitative estimate of drug-likeness (QED) is 0.208. The second-order valence-corrected chi connectivity index (χ2v) is 16.9.